The number of nitrogens with zero attached hydrogens (tertiary/aromatic N) is 1. The maximum atomic E-state index is 12.7. The van der Waals surface area contributed by atoms with Crippen LogP contribution in [0.5, 0.6) is 0 Å². The minimum atomic E-state index is -0.496. The van der Waals surface area contributed by atoms with Gasteiger partial charge in [-0.15, -0.1) is 0 Å². The summed E-state index contributed by atoms with van der Waals surface area (Å²) in [5.41, 5.74) is 5.90. The molecule has 2 aliphatic rings. The molecule has 1 atom stereocenters. The monoisotopic (exact) mass is 297 g/mol. The summed E-state index contributed by atoms with van der Waals surface area (Å²) in [6.07, 6.45) is 3.44. The van der Waals surface area contributed by atoms with Crippen LogP contribution in [0.4, 0.5) is 0 Å². The third kappa shape index (κ3) is 4.17. The van der Waals surface area contributed by atoms with Gasteiger partial charge in [0.15, 0.2) is 0 Å². The van der Waals surface area contributed by atoms with Gasteiger partial charge in [0, 0.05) is 24.5 Å². The molecule has 1 aliphatic heterocycles. The summed E-state index contributed by atoms with van der Waals surface area (Å²) in [6.45, 7) is 5.12. The molecule has 6 heteroatoms. The second-order valence-electron chi connectivity index (χ2n) is 6.40. The lowest BCUT2D eigenvalue weighted by Gasteiger charge is -2.38. The molecule has 1 aliphatic carbocycles. The largest absolute Gasteiger partial charge is 0.377 e. The number of hydrogen-bond acceptors (Lipinski definition) is 4. The standard InChI is InChI=1S/C15H27N3O3/c1-10(2)17-14(19)13-9-21-8-7-18(13)15(20)11-3-5-12(16)6-4-11/h10-13H,3-9,16H2,1-2H3,(H,17,19). The molecular weight excluding hydrogens is 270 g/mol. The zero-order valence-corrected chi connectivity index (χ0v) is 13.0. The molecule has 2 fully saturated rings. The molecule has 1 unspecified atom stereocenters. The van der Waals surface area contributed by atoms with Crippen LogP contribution in [0.3, 0.4) is 0 Å². The van der Waals surface area contributed by atoms with E-state index < -0.39 is 6.04 Å². The molecule has 0 spiro atoms. The highest BCUT2D eigenvalue weighted by Crippen LogP contribution is 2.26. The molecule has 1 heterocycles. The van der Waals surface area contributed by atoms with Crippen LogP contribution in [-0.2, 0) is 14.3 Å². The van der Waals surface area contributed by atoms with Gasteiger partial charge in [0.05, 0.1) is 13.2 Å². The van der Waals surface area contributed by atoms with E-state index in [0.29, 0.717) is 13.2 Å². The first-order chi connectivity index (χ1) is 9.99. The molecule has 120 valence electrons. The number of carbonyl (C=O) groups excluding carboxylic acids is 2. The van der Waals surface area contributed by atoms with E-state index in [4.69, 9.17) is 10.5 Å². The van der Waals surface area contributed by atoms with Crippen LogP contribution in [-0.4, -0.2) is 54.6 Å². The van der Waals surface area contributed by atoms with E-state index in [2.05, 4.69) is 5.32 Å². The maximum absolute atomic E-state index is 12.7. The minimum Gasteiger partial charge on any atom is -0.377 e. The first kappa shape index (κ1) is 16.2. The molecule has 21 heavy (non-hydrogen) atoms. The SMILES string of the molecule is CC(C)NC(=O)C1COCCN1C(=O)C1CCC(N)CC1. The van der Waals surface area contributed by atoms with Crippen molar-refractivity contribution in [3.63, 3.8) is 0 Å². The van der Waals surface area contributed by atoms with Crippen molar-refractivity contribution in [3.8, 4) is 0 Å². The van der Waals surface area contributed by atoms with E-state index in [9.17, 15) is 9.59 Å². The van der Waals surface area contributed by atoms with Crippen molar-refractivity contribution in [1.29, 1.82) is 0 Å². The second kappa shape index (κ2) is 7.22. The normalized spacial score (nSPS) is 30.3. The Balaban J connectivity index is 2.00. The van der Waals surface area contributed by atoms with Crippen LogP contribution in [0.1, 0.15) is 39.5 Å². The van der Waals surface area contributed by atoms with Crippen molar-refractivity contribution in [2.75, 3.05) is 19.8 Å². The first-order valence-corrected chi connectivity index (χ1v) is 7.93. The van der Waals surface area contributed by atoms with Gasteiger partial charge in [0.2, 0.25) is 11.8 Å². The Morgan fingerprint density at radius 2 is 1.90 bits per heavy atom. The van der Waals surface area contributed by atoms with Gasteiger partial charge in [-0.3, -0.25) is 9.59 Å². The van der Waals surface area contributed by atoms with Crippen molar-refractivity contribution in [2.24, 2.45) is 11.7 Å². The van der Waals surface area contributed by atoms with Crippen LogP contribution >= 0.6 is 0 Å². The van der Waals surface area contributed by atoms with E-state index in [1.54, 1.807) is 4.90 Å². The number of carbonyl (C=O) groups is 2. The Labute approximate surface area is 126 Å². The lowest BCUT2D eigenvalue weighted by molar-refractivity contribution is -0.152. The van der Waals surface area contributed by atoms with Gasteiger partial charge in [0.1, 0.15) is 6.04 Å². The smallest absolute Gasteiger partial charge is 0.245 e. The summed E-state index contributed by atoms with van der Waals surface area (Å²) in [7, 11) is 0. The summed E-state index contributed by atoms with van der Waals surface area (Å²) in [4.78, 5) is 26.7. The number of rotatable bonds is 3. The third-order valence-electron chi connectivity index (χ3n) is 4.27. The lowest BCUT2D eigenvalue weighted by atomic mass is 9.85. The van der Waals surface area contributed by atoms with E-state index in [1.165, 1.54) is 0 Å². The third-order valence-corrected chi connectivity index (χ3v) is 4.27. The van der Waals surface area contributed by atoms with E-state index in [0.717, 1.165) is 25.7 Å². The highest BCUT2D eigenvalue weighted by molar-refractivity contribution is 5.89. The zero-order valence-electron chi connectivity index (χ0n) is 13.0. The molecule has 1 saturated carbocycles. The summed E-state index contributed by atoms with van der Waals surface area (Å²) < 4.78 is 5.39. The van der Waals surface area contributed by atoms with Crippen LogP contribution in [0, 0.1) is 5.92 Å². The molecule has 0 aromatic carbocycles. The summed E-state index contributed by atoms with van der Waals surface area (Å²) >= 11 is 0. The molecule has 0 bridgehead atoms. The highest BCUT2D eigenvalue weighted by Gasteiger charge is 2.37. The fourth-order valence-corrected chi connectivity index (χ4v) is 3.07. The number of hydrogen-bond donors (Lipinski definition) is 2. The summed E-state index contributed by atoms with van der Waals surface area (Å²) in [6, 6.07) is -0.216. The van der Waals surface area contributed by atoms with Crippen molar-refractivity contribution >= 4 is 11.8 Å². The molecule has 0 radical (unpaired) electrons. The fourth-order valence-electron chi connectivity index (χ4n) is 3.07. The van der Waals surface area contributed by atoms with Crippen LogP contribution in [0.2, 0.25) is 0 Å². The quantitative estimate of drug-likeness (QED) is 0.782. The van der Waals surface area contributed by atoms with Crippen molar-refractivity contribution in [3.05, 3.63) is 0 Å². The summed E-state index contributed by atoms with van der Waals surface area (Å²) in [5, 5.41) is 2.87. The number of nitrogens with two attached hydrogens (primary N) is 1. The molecule has 0 aromatic rings. The van der Waals surface area contributed by atoms with E-state index in [1.807, 2.05) is 13.8 Å². The van der Waals surface area contributed by atoms with E-state index in [-0.39, 0.29) is 36.4 Å². The van der Waals surface area contributed by atoms with Gasteiger partial charge in [-0.05, 0) is 39.5 Å². The highest BCUT2D eigenvalue weighted by atomic mass is 16.5. The molecule has 1 saturated heterocycles. The van der Waals surface area contributed by atoms with Crippen LogP contribution in [0.25, 0.3) is 0 Å². The van der Waals surface area contributed by atoms with Gasteiger partial charge in [-0.25, -0.2) is 0 Å². The molecular formula is C15H27N3O3. The Bertz CT molecular complexity index is 378. The lowest BCUT2D eigenvalue weighted by Crippen LogP contribution is -2.58. The van der Waals surface area contributed by atoms with Crippen molar-refractivity contribution in [2.45, 2.75) is 57.7 Å². The van der Waals surface area contributed by atoms with Gasteiger partial charge < -0.3 is 20.7 Å². The van der Waals surface area contributed by atoms with Gasteiger partial charge in [-0.2, -0.15) is 0 Å². The molecule has 2 amide bonds. The average Bonchev–Trinajstić information content (AvgIpc) is 2.46. The number of ether oxygens (including phenoxy) is 1. The van der Waals surface area contributed by atoms with Gasteiger partial charge in [-0.1, -0.05) is 0 Å². The Morgan fingerprint density at radius 3 is 2.52 bits per heavy atom. The van der Waals surface area contributed by atoms with Crippen LogP contribution in [0.15, 0.2) is 0 Å². The van der Waals surface area contributed by atoms with Gasteiger partial charge in [0.25, 0.3) is 0 Å². The van der Waals surface area contributed by atoms with Crippen molar-refractivity contribution < 1.29 is 14.3 Å². The van der Waals surface area contributed by atoms with Crippen LogP contribution < -0.4 is 11.1 Å². The Kier molecular flexibility index (Phi) is 5.58. The molecule has 0 aromatic heterocycles. The Morgan fingerprint density at radius 1 is 1.24 bits per heavy atom. The minimum absolute atomic E-state index is 0.0113. The predicted octanol–water partition coefficient (Wildman–Crippen LogP) is 0.256. The van der Waals surface area contributed by atoms with Gasteiger partial charge >= 0.3 is 0 Å². The fraction of sp³-hybridized carbons (Fsp3) is 0.867. The second-order valence-corrected chi connectivity index (χ2v) is 6.40. The Hall–Kier alpha value is -1.14. The maximum Gasteiger partial charge on any atom is 0.245 e. The zero-order chi connectivity index (χ0) is 15.4. The first-order valence-electron chi connectivity index (χ1n) is 7.93. The number of amides is 2. The molecule has 3 N–H and O–H groups in total. The summed E-state index contributed by atoms with van der Waals surface area (Å²) in [5.74, 6) is -0.0167. The number of nitrogens with one attached hydrogen (secondary N) is 1. The topological polar surface area (TPSA) is 84.7 Å². The number of morpholine rings is 1. The predicted molar refractivity (Wildman–Crippen MR) is 79.5 cm³/mol. The molecule has 6 nitrogen and oxygen atoms in total. The average molecular weight is 297 g/mol. The molecule has 2 rings (SSSR count). The van der Waals surface area contributed by atoms with Crippen molar-refractivity contribution in [1.82, 2.24) is 10.2 Å². The van der Waals surface area contributed by atoms with E-state index >= 15 is 0 Å².